The third kappa shape index (κ3) is 64.2. The van der Waals surface area contributed by atoms with Crippen LogP contribution in [0.3, 0.4) is 0 Å². The van der Waals surface area contributed by atoms with E-state index in [1.165, 1.54) is 77.0 Å². The number of nitrogens with two attached hydrogens (primary N) is 1. The number of nitrogens with one attached hydrogen (secondary N) is 1. The first-order valence-electron chi connectivity index (χ1n) is 27.4. The van der Waals surface area contributed by atoms with E-state index in [-0.39, 0.29) is 37.4 Å². The van der Waals surface area contributed by atoms with Gasteiger partial charge in [-0.1, -0.05) is 90.7 Å². The van der Waals surface area contributed by atoms with Gasteiger partial charge in [0.2, 0.25) is 5.91 Å². The summed E-state index contributed by atoms with van der Waals surface area (Å²) in [6, 6.07) is 0.333. The van der Waals surface area contributed by atoms with E-state index in [0.717, 1.165) is 19.4 Å². The molecule has 1 saturated heterocycles. The second-order valence-electron chi connectivity index (χ2n) is 17.8. The van der Waals surface area contributed by atoms with E-state index in [1.54, 1.807) is 7.11 Å². The molecule has 0 aliphatic carbocycles. The second-order valence-corrected chi connectivity index (χ2v) is 19.5. The Morgan fingerprint density at radius 1 is 0.600 bits per heavy atom. The zero-order chi connectivity index (χ0) is 55.6. The van der Waals surface area contributed by atoms with Crippen LogP contribution in [-0.4, -0.2) is 222 Å². The fourth-order valence-electron chi connectivity index (χ4n) is 6.55. The van der Waals surface area contributed by atoms with Gasteiger partial charge >= 0.3 is 19.5 Å². The number of carboxylic acid groups (broad SMARTS) is 1. The quantitative estimate of drug-likeness (QED) is 0.0221. The molecule has 0 aromatic carbocycles. The number of carbonyl (C=O) groups excluding carboxylic acids is 2. The number of methoxy groups -OCH3 is 1. The van der Waals surface area contributed by atoms with Gasteiger partial charge in [0, 0.05) is 26.6 Å². The molecule has 1 atom stereocenters. The number of nitrogens with zero attached hydrogens (tertiary/aromatic N) is 1. The van der Waals surface area contributed by atoms with Crippen LogP contribution in [-0.2, 0) is 75.8 Å². The predicted octanol–water partition coefficient (Wildman–Crippen LogP) is 5.38. The normalized spacial score (nSPS) is 13.6. The highest BCUT2D eigenvalue weighted by atomic mass is 31.2. The number of likely N-dealkylation sites (tertiary alicyclic amines) is 1. The molecule has 1 unspecified atom stereocenters. The molecule has 22 nitrogen and oxygen atoms in total. The van der Waals surface area contributed by atoms with Crippen molar-refractivity contribution in [3.05, 3.63) is 12.2 Å². The molecule has 0 radical (unpaired) electrons. The minimum absolute atomic E-state index is 0.0511. The van der Waals surface area contributed by atoms with Crippen molar-refractivity contribution in [2.45, 2.75) is 123 Å². The largest absolute Gasteiger partial charge is 0.480 e. The van der Waals surface area contributed by atoms with Crippen LogP contribution < -0.4 is 11.1 Å². The molecule has 0 saturated carbocycles. The van der Waals surface area contributed by atoms with Crippen molar-refractivity contribution in [1.29, 1.82) is 0 Å². The average Bonchev–Trinajstić information content (AvgIpc) is 3.74. The van der Waals surface area contributed by atoms with Gasteiger partial charge < -0.3 is 82.4 Å². The number of rotatable bonds is 54. The van der Waals surface area contributed by atoms with Crippen molar-refractivity contribution in [2.24, 2.45) is 11.7 Å². The average molecular weight is 1110 g/mol. The highest BCUT2D eigenvalue weighted by Gasteiger charge is 2.35. The van der Waals surface area contributed by atoms with Gasteiger partial charge in [-0.15, -0.1) is 0 Å². The van der Waals surface area contributed by atoms with Gasteiger partial charge in [-0.2, -0.15) is 0 Å². The molecule has 0 aromatic heterocycles. The lowest BCUT2D eigenvalue weighted by atomic mass is 10.1. The Morgan fingerprint density at radius 3 is 1.28 bits per heavy atom. The van der Waals surface area contributed by atoms with E-state index in [9.17, 15) is 18.9 Å². The van der Waals surface area contributed by atoms with Crippen molar-refractivity contribution in [2.75, 3.05) is 178 Å². The van der Waals surface area contributed by atoms with E-state index >= 15 is 0 Å². The van der Waals surface area contributed by atoms with Crippen molar-refractivity contribution in [1.82, 2.24) is 10.2 Å². The molecule has 446 valence electrons. The molecular weight excluding hydrogens is 1000 g/mol. The van der Waals surface area contributed by atoms with E-state index in [0.29, 0.717) is 145 Å². The maximum Gasteiger partial charge on any atom is 0.339 e. The predicted molar refractivity (Wildman–Crippen MR) is 287 cm³/mol. The summed E-state index contributed by atoms with van der Waals surface area (Å²) < 4.78 is 75.0. The fourth-order valence-corrected chi connectivity index (χ4v) is 6.95. The molecule has 1 aliphatic rings. The van der Waals surface area contributed by atoms with Crippen LogP contribution in [0.1, 0.15) is 117 Å². The fraction of sp³-hybridized carbons (Fsp3) is 0.904. The van der Waals surface area contributed by atoms with Crippen LogP contribution in [0.15, 0.2) is 12.2 Å². The Bertz CT molecular complexity index is 1320. The van der Waals surface area contributed by atoms with Gasteiger partial charge in [0.15, 0.2) is 0 Å². The van der Waals surface area contributed by atoms with E-state index in [1.807, 2.05) is 18.7 Å². The molecule has 0 aromatic rings. The van der Waals surface area contributed by atoms with Crippen molar-refractivity contribution in [3.8, 4) is 0 Å². The first-order valence-corrected chi connectivity index (χ1v) is 29.2. The lowest BCUT2D eigenvalue weighted by Gasteiger charge is -2.16. The number of ether oxygens (including phenoxy) is 12. The first-order chi connectivity index (χ1) is 36.3. The lowest BCUT2D eigenvalue weighted by molar-refractivity contribution is -0.150. The number of aliphatic carboxylic acids is 1. The third-order valence-corrected chi connectivity index (χ3v) is 11.0. The van der Waals surface area contributed by atoms with Crippen LogP contribution >= 0.6 is 7.60 Å². The molecule has 1 amide bonds. The number of carbonyl (C=O) groups is 3. The lowest BCUT2D eigenvalue weighted by Crippen LogP contribution is -2.28. The summed E-state index contributed by atoms with van der Waals surface area (Å²) in [4.78, 5) is 52.9. The van der Waals surface area contributed by atoms with Gasteiger partial charge in [0.25, 0.3) is 0 Å². The molecule has 1 aliphatic heterocycles. The van der Waals surface area contributed by atoms with Gasteiger partial charge in [-0.3, -0.25) is 24.3 Å². The Kier molecular flexibility index (Phi) is 59.3. The summed E-state index contributed by atoms with van der Waals surface area (Å²) in [5.41, 5.74) is 5.11. The topological polar surface area (TPSA) is 281 Å². The van der Waals surface area contributed by atoms with E-state index in [2.05, 4.69) is 24.4 Å². The smallest absolute Gasteiger partial charge is 0.339 e. The molecular formula is C52H104N3O19P. The zero-order valence-corrected chi connectivity index (χ0v) is 47.5. The summed E-state index contributed by atoms with van der Waals surface area (Å²) >= 11 is 0. The second kappa shape index (κ2) is 59.4. The minimum atomic E-state index is -4.10. The SMILES string of the molecule is CC(C)N.CCCCCCCC/C=C\CCCCCCCCN1CC(C(=O)OCCOCCOCCOCCOCCOCCOCCOCCOCCOCCOCCOC)CC1=O.O=C(O)CNCP(=O)(O)O. The van der Waals surface area contributed by atoms with Crippen molar-refractivity contribution in [3.63, 3.8) is 0 Å². The Balaban J connectivity index is 0. The third-order valence-electron chi connectivity index (χ3n) is 10.3. The van der Waals surface area contributed by atoms with Gasteiger partial charge in [0.1, 0.15) is 6.61 Å². The molecule has 1 rings (SSSR count). The number of esters is 1. The Labute approximate surface area is 450 Å². The Morgan fingerprint density at radius 2 is 0.933 bits per heavy atom. The highest BCUT2D eigenvalue weighted by molar-refractivity contribution is 7.51. The summed E-state index contributed by atoms with van der Waals surface area (Å²) in [6.07, 6.45) is 22.0. The standard InChI is InChI=1S/C46H87NO14.C3H8NO5P.C3H9N/c1-3-4-5-6-7-8-9-10-11-12-13-14-15-16-17-18-19-47-43-44(42-45(47)48)46(49)61-41-40-60-39-38-59-37-36-58-35-34-57-33-32-56-31-30-55-29-28-54-27-26-53-25-24-52-23-22-51-21-20-50-2;5-3(6)1-4-2-10(7,8)9;1-3(2)4/h10-11,44H,3-9,12-43H2,1-2H3;4H,1-2H2,(H,5,6)(H2,7,8,9);3H,4H2,1-2H3/b11-10-;;. The summed E-state index contributed by atoms with van der Waals surface area (Å²) in [6.45, 7) is 17.3. The molecule has 1 heterocycles. The van der Waals surface area contributed by atoms with Gasteiger partial charge in [-0.25, -0.2) is 0 Å². The van der Waals surface area contributed by atoms with Crippen molar-refractivity contribution >= 4 is 25.4 Å². The summed E-state index contributed by atoms with van der Waals surface area (Å²) in [5.74, 6) is -1.80. The maximum absolute atomic E-state index is 12.5. The van der Waals surface area contributed by atoms with Gasteiger partial charge in [0.05, 0.1) is 157 Å². The van der Waals surface area contributed by atoms with Crippen LogP contribution in [0.4, 0.5) is 0 Å². The molecule has 0 bridgehead atoms. The van der Waals surface area contributed by atoms with Gasteiger partial charge in [-0.05, 0) is 38.1 Å². The van der Waals surface area contributed by atoms with Crippen molar-refractivity contribution < 1.29 is 90.7 Å². The highest BCUT2D eigenvalue weighted by Crippen LogP contribution is 2.31. The number of amides is 1. The monoisotopic (exact) mass is 1110 g/mol. The molecule has 23 heteroatoms. The molecule has 6 N–H and O–H groups in total. The van der Waals surface area contributed by atoms with Crippen LogP contribution in [0.5, 0.6) is 0 Å². The number of hydrogen-bond acceptors (Lipinski definition) is 18. The zero-order valence-electron chi connectivity index (χ0n) is 46.6. The van der Waals surface area contributed by atoms with E-state index < -0.39 is 26.4 Å². The summed E-state index contributed by atoms with van der Waals surface area (Å²) in [5, 5.41) is 10.1. The minimum Gasteiger partial charge on any atom is -0.480 e. The number of carboxylic acids is 1. The van der Waals surface area contributed by atoms with E-state index in [4.69, 9.17) is 77.5 Å². The van der Waals surface area contributed by atoms with Crippen LogP contribution in [0.25, 0.3) is 0 Å². The molecule has 1 fully saturated rings. The molecule has 0 spiro atoms. The van der Waals surface area contributed by atoms with Crippen LogP contribution in [0, 0.1) is 5.92 Å². The number of allylic oxidation sites excluding steroid dienone is 2. The van der Waals surface area contributed by atoms with Crippen LogP contribution in [0.2, 0.25) is 0 Å². The number of hydrogen-bond donors (Lipinski definition) is 5. The first kappa shape index (κ1) is 74.9. The maximum atomic E-state index is 12.5. The molecule has 75 heavy (non-hydrogen) atoms. The number of unbranched alkanes of at least 4 members (excludes halogenated alkanes) is 12. The summed E-state index contributed by atoms with van der Waals surface area (Å²) in [7, 11) is -2.45. The Hall–Kier alpha value is -2.22.